The molecular formula is C19H18N2O4. The Labute approximate surface area is 144 Å². The van der Waals surface area contributed by atoms with Crippen LogP contribution in [0.25, 0.3) is 11.3 Å². The molecule has 3 rings (SSSR count). The Morgan fingerprint density at radius 3 is 2.68 bits per heavy atom. The Bertz CT molecular complexity index is 985. The number of aromatic nitrogens is 2. The van der Waals surface area contributed by atoms with Crippen LogP contribution in [-0.4, -0.2) is 22.9 Å². The number of ether oxygens (including phenoxy) is 1. The van der Waals surface area contributed by atoms with Gasteiger partial charge in [-0.05, 0) is 37.6 Å². The van der Waals surface area contributed by atoms with Crippen molar-refractivity contribution in [1.82, 2.24) is 9.78 Å². The average Bonchev–Trinajstić information content (AvgIpc) is 3.05. The van der Waals surface area contributed by atoms with Crippen molar-refractivity contribution in [2.75, 3.05) is 7.11 Å². The van der Waals surface area contributed by atoms with E-state index in [1.807, 2.05) is 26.0 Å². The van der Waals surface area contributed by atoms with Crippen LogP contribution in [0.3, 0.4) is 0 Å². The van der Waals surface area contributed by atoms with Gasteiger partial charge in [0.25, 0.3) is 5.56 Å². The smallest absolute Gasteiger partial charge is 0.373 e. The van der Waals surface area contributed by atoms with Gasteiger partial charge in [-0.3, -0.25) is 4.79 Å². The second-order valence-electron chi connectivity index (χ2n) is 5.79. The van der Waals surface area contributed by atoms with Gasteiger partial charge in [-0.1, -0.05) is 23.8 Å². The Hall–Kier alpha value is -3.15. The largest absolute Gasteiger partial charge is 0.463 e. The third kappa shape index (κ3) is 3.52. The molecule has 128 valence electrons. The minimum Gasteiger partial charge on any atom is -0.463 e. The van der Waals surface area contributed by atoms with Crippen molar-refractivity contribution in [3.63, 3.8) is 0 Å². The van der Waals surface area contributed by atoms with Crippen molar-refractivity contribution < 1.29 is 13.9 Å². The number of benzene rings is 1. The minimum absolute atomic E-state index is 0.0936. The van der Waals surface area contributed by atoms with E-state index in [1.54, 1.807) is 12.1 Å². The van der Waals surface area contributed by atoms with Crippen LogP contribution in [0.5, 0.6) is 0 Å². The molecule has 2 heterocycles. The van der Waals surface area contributed by atoms with Crippen LogP contribution < -0.4 is 5.56 Å². The molecule has 6 heteroatoms. The summed E-state index contributed by atoms with van der Waals surface area (Å²) in [6, 6.07) is 12.4. The third-order valence-corrected chi connectivity index (χ3v) is 3.88. The standard InChI is InChI=1S/C19H18N2O4/c1-12-4-6-15(13(2)10-12)16-7-9-18(22)21(20-16)11-14-5-8-17(25-14)19(23)24-3/h4-10H,11H2,1-3H3. The van der Waals surface area contributed by atoms with E-state index >= 15 is 0 Å². The zero-order valence-corrected chi connectivity index (χ0v) is 14.3. The van der Waals surface area contributed by atoms with E-state index < -0.39 is 5.97 Å². The predicted molar refractivity (Wildman–Crippen MR) is 92.6 cm³/mol. The molecule has 0 radical (unpaired) electrons. The summed E-state index contributed by atoms with van der Waals surface area (Å²) in [6.07, 6.45) is 0. The Morgan fingerprint density at radius 2 is 1.96 bits per heavy atom. The van der Waals surface area contributed by atoms with Gasteiger partial charge in [0, 0.05) is 11.6 Å². The molecule has 0 spiro atoms. The van der Waals surface area contributed by atoms with Gasteiger partial charge in [0.15, 0.2) is 0 Å². The fourth-order valence-electron chi connectivity index (χ4n) is 2.63. The first-order valence-electron chi connectivity index (χ1n) is 7.81. The Morgan fingerprint density at radius 1 is 1.16 bits per heavy atom. The molecule has 0 unspecified atom stereocenters. The van der Waals surface area contributed by atoms with E-state index in [1.165, 1.54) is 29.5 Å². The molecule has 0 aliphatic heterocycles. The molecule has 25 heavy (non-hydrogen) atoms. The predicted octanol–water partition coefficient (Wildman–Crippen LogP) is 2.96. The number of furan rings is 1. The number of hydrogen-bond acceptors (Lipinski definition) is 5. The quantitative estimate of drug-likeness (QED) is 0.684. The van der Waals surface area contributed by atoms with Gasteiger partial charge < -0.3 is 9.15 Å². The molecule has 0 fully saturated rings. The van der Waals surface area contributed by atoms with Crippen molar-refractivity contribution in [2.45, 2.75) is 20.4 Å². The second-order valence-corrected chi connectivity index (χ2v) is 5.79. The van der Waals surface area contributed by atoms with E-state index in [9.17, 15) is 9.59 Å². The SMILES string of the molecule is COC(=O)c1ccc(Cn2nc(-c3ccc(C)cc3C)ccc2=O)o1. The number of carbonyl (C=O) groups excluding carboxylic acids is 1. The van der Waals surface area contributed by atoms with E-state index in [-0.39, 0.29) is 17.9 Å². The Kier molecular flexibility index (Phi) is 4.52. The van der Waals surface area contributed by atoms with Crippen molar-refractivity contribution in [1.29, 1.82) is 0 Å². The van der Waals surface area contributed by atoms with Gasteiger partial charge in [-0.2, -0.15) is 5.10 Å². The highest BCUT2D eigenvalue weighted by Gasteiger charge is 2.13. The molecular weight excluding hydrogens is 320 g/mol. The number of hydrogen-bond donors (Lipinski definition) is 0. The van der Waals surface area contributed by atoms with Crippen LogP contribution in [0.4, 0.5) is 0 Å². The highest BCUT2D eigenvalue weighted by molar-refractivity contribution is 5.86. The van der Waals surface area contributed by atoms with Crippen molar-refractivity contribution >= 4 is 5.97 Å². The van der Waals surface area contributed by atoms with Crippen molar-refractivity contribution in [3.05, 3.63) is 75.5 Å². The summed E-state index contributed by atoms with van der Waals surface area (Å²) >= 11 is 0. The van der Waals surface area contributed by atoms with Gasteiger partial charge >= 0.3 is 5.97 Å². The fraction of sp³-hybridized carbons (Fsp3) is 0.211. The zero-order valence-electron chi connectivity index (χ0n) is 14.3. The molecule has 0 aliphatic carbocycles. The molecule has 0 amide bonds. The molecule has 2 aromatic heterocycles. The molecule has 3 aromatic rings. The lowest BCUT2D eigenvalue weighted by molar-refractivity contribution is 0.0562. The number of aryl methyl sites for hydroxylation is 2. The number of rotatable bonds is 4. The van der Waals surface area contributed by atoms with Gasteiger partial charge in [-0.25, -0.2) is 9.48 Å². The third-order valence-electron chi connectivity index (χ3n) is 3.88. The van der Waals surface area contributed by atoms with E-state index in [0.29, 0.717) is 11.5 Å². The normalized spacial score (nSPS) is 10.7. The van der Waals surface area contributed by atoms with Crippen LogP contribution in [0.2, 0.25) is 0 Å². The first kappa shape index (κ1) is 16.7. The topological polar surface area (TPSA) is 74.3 Å². The summed E-state index contributed by atoms with van der Waals surface area (Å²) in [5.74, 6) is -0.0144. The highest BCUT2D eigenvalue weighted by atomic mass is 16.5. The first-order chi connectivity index (χ1) is 12.0. The maximum absolute atomic E-state index is 12.1. The van der Waals surface area contributed by atoms with Crippen LogP contribution in [0.15, 0.2) is 51.7 Å². The molecule has 0 N–H and O–H groups in total. The molecule has 0 atom stereocenters. The summed E-state index contributed by atoms with van der Waals surface area (Å²) in [5, 5.41) is 4.43. The first-order valence-corrected chi connectivity index (χ1v) is 7.81. The second kappa shape index (κ2) is 6.76. The van der Waals surface area contributed by atoms with Gasteiger partial charge in [0.2, 0.25) is 5.76 Å². The fourth-order valence-corrected chi connectivity index (χ4v) is 2.63. The lowest BCUT2D eigenvalue weighted by Gasteiger charge is -2.09. The average molecular weight is 338 g/mol. The molecule has 6 nitrogen and oxygen atoms in total. The van der Waals surface area contributed by atoms with E-state index in [4.69, 9.17) is 4.42 Å². The van der Waals surface area contributed by atoms with Crippen LogP contribution >= 0.6 is 0 Å². The zero-order chi connectivity index (χ0) is 18.0. The number of methoxy groups -OCH3 is 1. The lowest BCUT2D eigenvalue weighted by atomic mass is 10.0. The van der Waals surface area contributed by atoms with E-state index in [0.717, 1.165) is 11.1 Å². The van der Waals surface area contributed by atoms with Crippen molar-refractivity contribution in [2.24, 2.45) is 0 Å². The monoisotopic (exact) mass is 338 g/mol. The maximum atomic E-state index is 12.1. The summed E-state index contributed by atoms with van der Waals surface area (Å²) in [5.41, 5.74) is 3.68. The maximum Gasteiger partial charge on any atom is 0.373 e. The summed E-state index contributed by atoms with van der Waals surface area (Å²) in [4.78, 5) is 23.6. The highest BCUT2D eigenvalue weighted by Crippen LogP contribution is 2.21. The van der Waals surface area contributed by atoms with Gasteiger partial charge in [0.05, 0.1) is 12.8 Å². The van der Waals surface area contributed by atoms with Crippen molar-refractivity contribution in [3.8, 4) is 11.3 Å². The molecule has 1 aromatic carbocycles. The number of esters is 1. The lowest BCUT2D eigenvalue weighted by Crippen LogP contribution is -2.22. The number of carbonyl (C=O) groups is 1. The summed E-state index contributed by atoms with van der Waals surface area (Å²) in [7, 11) is 1.28. The Balaban J connectivity index is 1.93. The van der Waals surface area contributed by atoms with E-state index in [2.05, 4.69) is 15.9 Å². The molecule has 0 aliphatic rings. The molecule has 0 saturated heterocycles. The van der Waals surface area contributed by atoms with Crippen LogP contribution in [0.1, 0.15) is 27.4 Å². The molecule has 0 saturated carbocycles. The van der Waals surface area contributed by atoms with Gasteiger partial charge in [0.1, 0.15) is 12.3 Å². The van der Waals surface area contributed by atoms with Crippen LogP contribution in [0, 0.1) is 13.8 Å². The minimum atomic E-state index is -0.560. The molecule has 0 bridgehead atoms. The van der Waals surface area contributed by atoms with Crippen LogP contribution in [-0.2, 0) is 11.3 Å². The van der Waals surface area contributed by atoms with Gasteiger partial charge in [-0.15, -0.1) is 0 Å². The summed E-state index contributed by atoms with van der Waals surface area (Å²) in [6.45, 7) is 4.17. The summed E-state index contributed by atoms with van der Waals surface area (Å²) < 4.78 is 11.3. The number of nitrogens with zero attached hydrogens (tertiary/aromatic N) is 2.